The number of likely N-dealkylation sites (tertiary alicyclic amines) is 1. The summed E-state index contributed by atoms with van der Waals surface area (Å²) in [5, 5.41) is 11.9. The van der Waals surface area contributed by atoms with Gasteiger partial charge in [-0.1, -0.05) is 18.6 Å². The summed E-state index contributed by atoms with van der Waals surface area (Å²) >= 11 is 0. The minimum atomic E-state index is -0.805. The number of hydrogen-bond acceptors (Lipinski definition) is 4. The zero-order valence-corrected chi connectivity index (χ0v) is 14.0. The summed E-state index contributed by atoms with van der Waals surface area (Å²) in [6.07, 6.45) is 3.86. The molecule has 6 nitrogen and oxygen atoms in total. The highest BCUT2D eigenvalue weighted by atomic mass is 16.2. The first-order valence-electron chi connectivity index (χ1n) is 8.40. The van der Waals surface area contributed by atoms with Crippen LogP contribution >= 0.6 is 0 Å². The van der Waals surface area contributed by atoms with Gasteiger partial charge in [0.2, 0.25) is 5.91 Å². The molecule has 0 spiro atoms. The quantitative estimate of drug-likeness (QED) is 0.913. The smallest absolute Gasteiger partial charge is 0.249 e. The zero-order chi connectivity index (χ0) is 16.3. The van der Waals surface area contributed by atoms with Crippen LogP contribution in [0.25, 0.3) is 11.0 Å². The molecule has 0 atom stereocenters. The first-order chi connectivity index (χ1) is 11.1. The van der Waals surface area contributed by atoms with Crippen LogP contribution in [-0.2, 0) is 10.3 Å². The molecule has 0 aliphatic carbocycles. The molecule has 124 valence electrons. The molecule has 1 N–H and O–H groups in total. The normalized spacial score (nSPS) is 16.6. The molecule has 2 aromatic rings. The summed E-state index contributed by atoms with van der Waals surface area (Å²) in [5.41, 5.74) is 0.810. The van der Waals surface area contributed by atoms with Gasteiger partial charge in [0.05, 0.1) is 0 Å². The fourth-order valence-electron chi connectivity index (χ4n) is 2.93. The molecule has 0 saturated carbocycles. The number of fused-ring (bicyclic) bond motifs is 1. The lowest BCUT2D eigenvalue weighted by Gasteiger charge is -2.27. The molecule has 6 heteroatoms. The van der Waals surface area contributed by atoms with Gasteiger partial charge in [-0.2, -0.15) is 15.0 Å². The first-order valence-corrected chi connectivity index (χ1v) is 8.40. The molecule has 1 aliphatic rings. The van der Waals surface area contributed by atoms with Crippen molar-refractivity contribution in [3.63, 3.8) is 0 Å². The summed E-state index contributed by atoms with van der Waals surface area (Å²) in [6.45, 7) is 7.57. The Labute approximate surface area is 136 Å². The molecule has 1 amide bonds. The molecular weight excluding hydrogens is 290 g/mol. The highest BCUT2D eigenvalue weighted by Crippen LogP contribution is 2.16. The molecule has 0 radical (unpaired) electrons. The fraction of sp³-hybridized carbons (Fsp3) is 0.588. The van der Waals surface area contributed by atoms with Crippen LogP contribution in [0.4, 0.5) is 0 Å². The van der Waals surface area contributed by atoms with Gasteiger partial charge in [-0.15, -0.1) is 0 Å². The van der Waals surface area contributed by atoms with Crippen LogP contribution in [0.1, 0.15) is 33.1 Å². The SMILES string of the molecule is CC(C)(C(=O)NCCN1CCCCC1)n1nc2ccccc2n1. The van der Waals surface area contributed by atoms with Crippen LogP contribution < -0.4 is 5.32 Å². The van der Waals surface area contributed by atoms with Gasteiger partial charge in [-0.25, -0.2) is 0 Å². The molecule has 3 rings (SSSR count). The fourth-order valence-corrected chi connectivity index (χ4v) is 2.93. The number of amides is 1. The maximum Gasteiger partial charge on any atom is 0.249 e. The number of carbonyl (C=O) groups excluding carboxylic acids is 1. The summed E-state index contributed by atoms with van der Waals surface area (Å²) in [4.78, 5) is 16.5. The third-order valence-corrected chi connectivity index (χ3v) is 4.50. The van der Waals surface area contributed by atoms with Gasteiger partial charge >= 0.3 is 0 Å². The highest BCUT2D eigenvalue weighted by Gasteiger charge is 2.32. The van der Waals surface area contributed by atoms with Gasteiger partial charge in [0.15, 0.2) is 5.54 Å². The van der Waals surface area contributed by atoms with Crippen LogP contribution in [0.3, 0.4) is 0 Å². The Morgan fingerprint density at radius 2 is 1.74 bits per heavy atom. The molecule has 1 fully saturated rings. The van der Waals surface area contributed by atoms with Crippen molar-refractivity contribution in [2.24, 2.45) is 0 Å². The minimum absolute atomic E-state index is 0.0465. The van der Waals surface area contributed by atoms with E-state index in [1.54, 1.807) is 0 Å². The lowest BCUT2D eigenvalue weighted by atomic mass is 10.1. The second-order valence-electron chi connectivity index (χ2n) is 6.70. The monoisotopic (exact) mass is 315 g/mol. The third-order valence-electron chi connectivity index (χ3n) is 4.50. The summed E-state index contributed by atoms with van der Waals surface area (Å²) in [5.74, 6) is -0.0465. The number of rotatable bonds is 5. The molecule has 1 aromatic carbocycles. The lowest BCUT2D eigenvalue weighted by Crippen LogP contribution is -2.47. The minimum Gasteiger partial charge on any atom is -0.353 e. The van der Waals surface area contributed by atoms with E-state index >= 15 is 0 Å². The number of aromatic nitrogens is 3. The topological polar surface area (TPSA) is 63.1 Å². The van der Waals surface area contributed by atoms with E-state index < -0.39 is 5.54 Å². The summed E-state index contributed by atoms with van der Waals surface area (Å²) < 4.78 is 0. The van der Waals surface area contributed by atoms with Crippen molar-refractivity contribution in [1.29, 1.82) is 0 Å². The van der Waals surface area contributed by atoms with Gasteiger partial charge in [-0.3, -0.25) is 4.79 Å². The van der Waals surface area contributed by atoms with Crippen molar-refractivity contribution < 1.29 is 4.79 Å². The molecular formula is C17H25N5O. The summed E-state index contributed by atoms with van der Waals surface area (Å²) in [7, 11) is 0. The predicted octanol–water partition coefficient (Wildman–Crippen LogP) is 1.77. The molecule has 0 unspecified atom stereocenters. The summed E-state index contributed by atoms with van der Waals surface area (Å²) in [6, 6.07) is 7.66. The standard InChI is InChI=1S/C17H25N5O/c1-17(2,22-19-14-8-4-5-9-15(14)20-22)16(23)18-10-13-21-11-6-3-7-12-21/h4-5,8-9H,3,6-7,10-13H2,1-2H3,(H,18,23). The lowest BCUT2D eigenvalue weighted by molar-refractivity contribution is -0.129. The third kappa shape index (κ3) is 3.52. The molecule has 23 heavy (non-hydrogen) atoms. The number of hydrogen-bond donors (Lipinski definition) is 1. The van der Waals surface area contributed by atoms with E-state index in [4.69, 9.17) is 0 Å². The number of nitrogens with zero attached hydrogens (tertiary/aromatic N) is 4. The Morgan fingerprint density at radius 3 is 2.35 bits per heavy atom. The predicted molar refractivity (Wildman–Crippen MR) is 90.2 cm³/mol. The van der Waals surface area contributed by atoms with Crippen LogP contribution in [0.2, 0.25) is 0 Å². The number of nitrogens with one attached hydrogen (secondary N) is 1. The van der Waals surface area contributed by atoms with Gasteiger partial charge in [0.1, 0.15) is 11.0 Å². The van der Waals surface area contributed by atoms with Gasteiger partial charge in [-0.05, 0) is 51.9 Å². The van der Waals surface area contributed by atoms with Crippen LogP contribution in [0.5, 0.6) is 0 Å². The number of piperidine rings is 1. The van der Waals surface area contributed by atoms with Crippen molar-refractivity contribution in [1.82, 2.24) is 25.2 Å². The van der Waals surface area contributed by atoms with E-state index in [-0.39, 0.29) is 5.91 Å². The van der Waals surface area contributed by atoms with Crippen LogP contribution in [0, 0.1) is 0 Å². The average Bonchev–Trinajstić information content (AvgIpc) is 3.00. The van der Waals surface area contributed by atoms with E-state index in [1.807, 2.05) is 38.1 Å². The average molecular weight is 315 g/mol. The van der Waals surface area contributed by atoms with E-state index in [9.17, 15) is 4.79 Å². The number of benzene rings is 1. The first kappa shape index (κ1) is 15.9. The van der Waals surface area contributed by atoms with Gasteiger partial charge in [0.25, 0.3) is 0 Å². The van der Waals surface area contributed by atoms with E-state index in [2.05, 4.69) is 20.4 Å². The van der Waals surface area contributed by atoms with E-state index in [0.29, 0.717) is 6.54 Å². The largest absolute Gasteiger partial charge is 0.353 e. The Kier molecular flexibility index (Phi) is 4.61. The van der Waals surface area contributed by atoms with Crippen molar-refractivity contribution in [2.45, 2.75) is 38.6 Å². The Morgan fingerprint density at radius 1 is 1.13 bits per heavy atom. The van der Waals surface area contributed by atoms with E-state index in [1.165, 1.54) is 24.1 Å². The zero-order valence-electron chi connectivity index (χ0n) is 14.0. The second-order valence-corrected chi connectivity index (χ2v) is 6.70. The van der Waals surface area contributed by atoms with Crippen molar-refractivity contribution >= 4 is 16.9 Å². The van der Waals surface area contributed by atoms with E-state index in [0.717, 1.165) is 30.7 Å². The molecule has 2 heterocycles. The van der Waals surface area contributed by atoms with Gasteiger partial charge < -0.3 is 10.2 Å². The Balaban J connectivity index is 1.60. The van der Waals surface area contributed by atoms with Crippen molar-refractivity contribution in [3.8, 4) is 0 Å². The van der Waals surface area contributed by atoms with Crippen LogP contribution in [-0.4, -0.2) is 52.0 Å². The number of carbonyl (C=O) groups is 1. The van der Waals surface area contributed by atoms with Crippen LogP contribution in [0.15, 0.2) is 24.3 Å². The maximum atomic E-state index is 12.6. The molecule has 1 aliphatic heterocycles. The van der Waals surface area contributed by atoms with Gasteiger partial charge in [0, 0.05) is 13.1 Å². The maximum absolute atomic E-state index is 12.6. The van der Waals surface area contributed by atoms with Crippen molar-refractivity contribution in [2.75, 3.05) is 26.2 Å². The Hall–Kier alpha value is -1.95. The second kappa shape index (κ2) is 6.66. The molecule has 0 bridgehead atoms. The molecule has 1 aromatic heterocycles. The van der Waals surface area contributed by atoms with Crippen molar-refractivity contribution in [3.05, 3.63) is 24.3 Å². The highest BCUT2D eigenvalue weighted by molar-refractivity contribution is 5.84. The Bertz CT molecular complexity index is 639. The molecule has 1 saturated heterocycles.